The Labute approximate surface area is 181 Å². The maximum absolute atomic E-state index is 13.4. The largest absolute Gasteiger partial charge is 0.322 e. The van der Waals surface area contributed by atoms with Gasteiger partial charge in [0, 0.05) is 21.7 Å². The zero-order chi connectivity index (χ0) is 20.5. The van der Waals surface area contributed by atoms with Crippen molar-refractivity contribution in [3.63, 3.8) is 0 Å². The summed E-state index contributed by atoms with van der Waals surface area (Å²) in [5.41, 5.74) is 2.61. The van der Waals surface area contributed by atoms with Crippen LogP contribution in [-0.4, -0.2) is 10.9 Å². The molecule has 0 atom stereocenters. The van der Waals surface area contributed by atoms with Gasteiger partial charge in [-0.1, -0.05) is 53.0 Å². The number of benzene rings is 3. The van der Waals surface area contributed by atoms with Crippen molar-refractivity contribution in [3.05, 3.63) is 93.2 Å². The summed E-state index contributed by atoms with van der Waals surface area (Å²) in [6.07, 6.45) is 0. The Morgan fingerprint density at radius 2 is 1.69 bits per heavy atom. The van der Waals surface area contributed by atoms with Crippen LogP contribution in [0.4, 0.5) is 10.1 Å². The molecule has 1 heterocycles. The molecule has 0 aliphatic heterocycles. The number of carbonyl (C=O) groups excluding carboxylic acids is 1. The number of carbonyl (C=O) groups is 1. The highest BCUT2D eigenvalue weighted by Crippen LogP contribution is 2.32. The minimum atomic E-state index is -0.557. The summed E-state index contributed by atoms with van der Waals surface area (Å²) in [4.78, 5) is 17.7. The van der Waals surface area contributed by atoms with Gasteiger partial charge in [0.05, 0.1) is 26.8 Å². The molecule has 3 nitrogen and oxygen atoms in total. The van der Waals surface area contributed by atoms with Gasteiger partial charge in [-0.15, -0.1) is 0 Å². The van der Waals surface area contributed by atoms with Crippen LogP contribution >= 0.6 is 34.8 Å². The van der Waals surface area contributed by atoms with E-state index in [0.29, 0.717) is 43.5 Å². The van der Waals surface area contributed by atoms with E-state index in [9.17, 15) is 9.18 Å². The molecule has 0 saturated carbocycles. The molecule has 7 heteroatoms. The van der Waals surface area contributed by atoms with E-state index in [1.165, 1.54) is 18.2 Å². The van der Waals surface area contributed by atoms with Crippen molar-refractivity contribution in [3.8, 4) is 11.3 Å². The Kier molecular flexibility index (Phi) is 5.41. The van der Waals surface area contributed by atoms with Crippen LogP contribution in [0.2, 0.25) is 15.1 Å². The highest BCUT2D eigenvalue weighted by Gasteiger charge is 2.16. The molecule has 29 heavy (non-hydrogen) atoms. The van der Waals surface area contributed by atoms with Gasteiger partial charge < -0.3 is 5.32 Å². The number of amides is 1. The number of nitrogens with one attached hydrogen (secondary N) is 1. The number of anilines is 1. The quantitative estimate of drug-likeness (QED) is 0.361. The number of fused-ring (bicyclic) bond motifs is 1. The molecule has 0 aliphatic rings. The number of hydrogen-bond acceptors (Lipinski definition) is 2. The van der Waals surface area contributed by atoms with E-state index < -0.39 is 5.82 Å². The number of halogens is 4. The molecule has 1 aromatic heterocycles. The normalized spacial score (nSPS) is 10.9. The first-order chi connectivity index (χ1) is 13.9. The first-order valence-corrected chi connectivity index (χ1v) is 9.67. The molecule has 0 unspecified atom stereocenters. The summed E-state index contributed by atoms with van der Waals surface area (Å²) in [7, 11) is 0. The molecule has 4 rings (SSSR count). The SMILES string of the molecule is O=C(Nc1ccc(F)c(Cl)c1)c1cc(-c2ccc(Cl)cc2Cl)nc2ccccc12. The molecule has 0 saturated heterocycles. The van der Waals surface area contributed by atoms with Gasteiger partial charge in [-0.2, -0.15) is 0 Å². The lowest BCUT2D eigenvalue weighted by Crippen LogP contribution is -2.13. The van der Waals surface area contributed by atoms with Gasteiger partial charge in [0.2, 0.25) is 0 Å². The third-order valence-electron chi connectivity index (χ3n) is 4.35. The fourth-order valence-corrected chi connectivity index (χ4v) is 3.66. The summed E-state index contributed by atoms with van der Waals surface area (Å²) < 4.78 is 13.4. The molecule has 1 amide bonds. The number of rotatable bonds is 3. The zero-order valence-electron chi connectivity index (χ0n) is 14.7. The van der Waals surface area contributed by atoms with Crippen molar-refractivity contribution in [1.29, 1.82) is 0 Å². The molecular weight excluding hydrogens is 434 g/mol. The summed E-state index contributed by atoms with van der Waals surface area (Å²) in [5, 5.41) is 4.28. The molecule has 144 valence electrons. The third kappa shape index (κ3) is 4.06. The van der Waals surface area contributed by atoms with Crippen LogP contribution in [0.3, 0.4) is 0 Å². The van der Waals surface area contributed by atoms with Gasteiger partial charge >= 0.3 is 0 Å². The van der Waals surface area contributed by atoms with E-state index >= 15 is 0 Å². The van der Waals surface area contributed by atoms with E-state index in [-0.39, 0.29) is 10.9 Å². The first-order valence-electron chi connectivity index (χ1n) is 8.54. The highest BCUT2D eigenvalue weighted by atomic mass is 35.5. The van der Waals surface area contributed by atoms with Crippen LogP contribution in [0.1, 0.15) is 10.4 Å². The van der Waals surface area contributed by atoms with Gasteiger partial charge in [-0.3, -0.25) is 4.79 Å². The lowest BCUT2D eigenvalue weighted by Gasteiger charge is -2.12. The average Bonchev–Trinajstić information content (AvgIpc) is 2.70. The van der Waals surface area contributed by atoms with Gasteiger partial charge in [-0.05, 0) is 48.5 Å². The van der Waals surface area contributed by atoms with Gasteiger partial charge in [0.1, 0.15) is 5.82 Å². The predicted octanol–water partition coefficient (Wildman–Crippen LogP) is 7.25. The molecule has 4 aromatic rings. The van der Waals surface area contributed by atoms with Crippen molar-refractivity contribution in [1.82, 2.24) is 4.98 Å². The minimum absolute atomic E-state index is 0.0731. The maximum Gasteiger partial charge on any atom is 0.256 e. The van der Waals surface area contributed by atoms with Crippen LogP contribution in [0, 0.1) is 5.82 Å². The van der Waals surface area contributed by atoms with E-state index in [4.69, 9.17) is 34.8 Å². The van der Waals surface area contributed by atoms with Crippen molar-refractivity contribution < 1.29 is 9.18 Å². The maximum atomic E-state index is 13.4. The Hall–Kier alpha value is -2.66. The number of para-hydroxylation sites is 1. The fourth-order valence-electron chi connectivity index (χ4n) is 2.97. The van der Waals surface area contributed by atoms with Gasteiger partial charge in [-0.25, -0.2) is 9.37 Å². The number of nitrogens with zero attached hydrogens (tertiary/aromatic N) is 1. The first kappa shape index (κ1) is 19.6. The molecule has 0 aliphatic carbocycles. The Morgan fingerprint density at radius 1 is 0.897 bits per heavy atom. The molecule has 3 aromatic carbocycles. The Balaban J connectivity index is 1.82. The molecule has 0 fully saturated rings. The topological polar surface area (TPSA) is 42.0 Å². The van der Waals surface area contributed by atoms with Gasteiger partial charge in [0.15, 0.2) is 0 Å². The third-order valence-corrected chi connectivity index (χ3v) is 5.18. The summed E-state index contributed by atoms with van der Waals surface area (Å²) in [6, 6.07) is 18.0. The minimum Gasteiger partial charge on any atom is -0.322 e. The highest BCUT2D eigenvalue weighted by molar-refractivity contribution is 6.36. The summed E-state index contributed by atoms with van der Waals surface area (Å²) >= 11 is 18.1. The standard InChI is InChI=1S/C22H12Cl3FN2O/c23-12-5-7-15(17(24)9-12)21-11-16(14-3-1-2-4-20(14)28-21)22(29)27-13-6-8-19(26)18(25)10-13/h1-11H,(H,27,29). The molecular formula is C22H12Cl3FN2O. The lowest BCUT2D eigenvalue weighted by atomic mass is 10.0. The monoisotopic (exact) mass is 444 g/mol. The van der Waals surface area contributed by atoms with Crippen LogP contribution in [-0.2, 0) is 0 Å². The van der Waals surface area contributed by atoms with E-state index in [1.54, 1.807) is 24.3 Å². The van der Waals surface area contributed by atoms with Crippen LogP contribution in [0.25, 0.3) is 22.2 Å². The lowest BCUT2D eigenvalue weighted by molar-refractivity contribution is 0.102. The second kappa shape index (κ2) is 7.99. The molecule has 0 radical (unpaired) electrons. The summed E-state index contributed by atoms with van der Waals surface area (Å²) in [5.74, 6) is -0.934. The van der Waals surface area contributed by atoms with Crippen LogP contribution in [0.15, 0.2) is 66.7 Å². The second-order valence-electron chi connectivity index (χ2n) is 6.28. The molecule has 0 spiro atoms. The van der Waals surface area contributed by atoms with Crippen LogP contribution in [0.5, 0.6) is 0 Å². The fraction of sp³-hybridized carbons (Fsp3) is 0. The predicted molar refractivity (Wildman–Crippen MR) is 117 cm³/mol. The Morgan fingerprint density at radius 3 is 2.45 bits per heavy atom. The number of aromatic nitrogens is 1. The van der Waals surface area contributed by atoms with Crippen molar-refractivity contribution in [2.45, 2.75) is 0 Å². The van der Waals surface area contributed by atoms with E-state index in [2.05, 4.69) is 10.3 Å². The number of hydrogen-bond donors (Lipinski definition) is 1. The van der Waals surface area contributed by atoms with Crippen LogP contribution < -0.4 is 5.32 Å². The number of pyridine rings is 1. The van der Waals surface area contributed by atoms with E-state index in [0.717, 1.165) is 0 Å². The smallest absolute Gasteiger partial charge is 0.256 e. The average molecular weight is 446 g/mol. The second-order valence-corrected chi connectivity index (χ2v) is 7.53. The Bertz CT molecular complexity index is 1260. The zero-order valence-corrected chi connectivity index (χ0v) is 17.0. The molecule has 1 N–H and O–H groups in total. The van der Waals surface area contributed by atoms with Crippen molar-refractivity contribution >= 4 is 57.3 Å². The summed E-state index contributed by atoms with van der Waals surface area (Å²) in [6.45, 7) is 0. The van der Waals surface area contributed by atoms with E-state index in [1.807, 2.05) is 24.3 Å². The van der Waals surface area contributed by atoms with Gasteiger partial charge in [0.25, 0.3) is 5.91 Å². The van der Waals surface area contributed by atoms with Crippen molar-refractivity contribution in [2.75, 3.05) is 5.32 Å². The van der Waals surface area contributed by atoms with Crippen molar-refractivity contribution in [2.24, 2.45) is 0 Å². The molecule has 0 bridgehead atoms.